The zero-order chi connectivity index (χ0) is 18.0. The van der Waals surface area contributed by atoms with E-state index in [4.69, 9.17) is 15.6 Å². The minimum atomic E-state index is -1.29. The van der Waals surface area contributed by atoms with Crippen LogP contribution in [0.15, 0.2) is 11.1 Å². The van der Waals surface area contributed by atoms with Crippen LogP contribution in [0.3, 0.4) is 0 Å². The molecule has 0 rings (SSSR count). The molecular formula is C15H32N2O4S. The fourth-order valence-corrected chi connectivity index (χ4v) is 1.69. The minimum Gasteiger partial charge on any atom is -0.444 e. The fraction of sp³-hybridized carbons (Fsp3) is 0.800. The van der Waals surface area contributed by atoms with Crippen molar-refractivity contribution >= 4 is 17.9 Å². The number of carbonyl (C=O) groups is 1. The van der Waals surface area contributed by atoms with Gasteiger partial charge in [0.1, 0.15) is 11.3 Å². The Labute approximate surface area is 138 Å². The summed E-state index contributed by atoms with van der Waals surface area (Å²) < 4.78 is 5.17. The summed E-state index contributed by atoms with van der Waals surface area (Å²) in [5, 5.41) is 20.5. The standard InChI is InChI=1S/C11H23NO4.C4H9NS/c1-10(2,3)16-9(14)12(7-6-8-13)11(4,5)15;1-4(5)3-6-2/h13,15H,6-8H2,1-5H3;3H,5H2,1-2H3/b;4-3-. The molecule has 6 nitrogen and oxygen atoms in total. The zero-order valence-corrected chi connectivity index (χ0v) is 15.7. The molecule has 0 heterocycles. The van der Waals surface area contributed by atoms with Crippen LogP contribution >= 0.6 is 11.8 Å². The molecule has 4 N–H and O–H groups in total. The number of aliphatic hydroxyl groups is 2. The van der Waals surface area contributed by atoms with Crippen molar-refractivity contribution in [3.63, 3.8) is 0 Å². The van der Waals surface area contributed by atoms with Crippen molar-refractivity contribution in [1.82, 2.24) is 4.90 Å². The van der Waals surface area contributed by atoms with E-state index in [0.717, 1.165) is 5.70 Å². The summed E-state index contributed by atoms with van der Waals surface area (Å²) in [6.07, 6.45) is 1.81. The summed E-state index contributed by atoms with van der Waals surface area (Å²) in [4.78, 5) is 13.0. The lowest BCUT2D eigenvalue weighted by Crippen LogP contribution is -2.50. The largest absolute Gasteiger partial charge is 0.444 e. The number of nitrogens with two attached hydrogens (primary N) is 1. The van der Waals surface area contributed by atoms with E-state index in [-0.39, 0.29) is 13.2 Å². The van der Waals surface area contributed by atoms with Crippen molar-refractivity contribution in [2.45, 2.75) is 59.3 Å². The lowest BCUT2D eigenvalue weighted by atomic mass is 10.2. The highest BCUT2D eigenvalue weighted by molar-refractivity contribution is 8.01. The maximum atomic E-state index is 11.8. The molecule has 0 saturated heterocycles. The van der Waals surface area contributed by atoms with Crippen molar-refractivity contribution < 1.29 is 19.7 Å². The topological polar surface area (TPSA) is 96.0 Å². The molecule has 0 saturated carbocycles. The Morgan fingerprint density at radius 2 is 1.82 bits per heavy atom. The second-order valence-electron chi connectivity index (χ2n) is 6.30. The van der Waals surface area contributed by atoms with Crippen LogP contribution in [0.2, 0.25) is 0 Å². The van der Waals surface area contributed by atoms with Gasteiger partial charge in [-0.05, 0) is 59.6 Å². The summed E-state index contributed by atoms with van der Waals surface area (Å²) >= 11 is 1.62. The van der Waals surface area contributed by atoms with Gasteiger partial charge >= 0.3 is 6.09 Å². The smallest absolute Gasteiger partial charge is 0.412 e. The molecule has 0 unspecified atom stereocenters. The molecular weight excluding hydrogens is 304 g/mol. The van der Waals surface area contributed by atoms with Crippen molar-refractivity contribution in [2.24, 2.45) is 5.73 Å². The predicted molar refractivity (Wildman–Crippen MR) is 92.4 cm³/mol. The Bertz CT molecular complexity index is 342. The van der Waals surface area contributed by atoms with Crippen molar-refractivity contribution in [2.75, 3.05) is 19.4 Å². The first kappa shape index (κ1) is 23.3. The van der Waals surface area contributed by atoms with Crippen molar-refractivity contribution in [1.29, 1.82) is 0 Å². The molecule has 0 aromatic heterocycles. The third kappa shape index (κ3) is 14.0. The molecule has 22 heavy (non-hydrogen) atoms. The van der Waals surface area contributed by atoms with Crippen LogP contribution in [0.25, 0.3) is 0 Å². The van der Waals surface area contributed by atoms with E-state index in [1.807, 2.05) is 18.6 Å². The summed E-state index contributed by atoms with van der Waals surface area (Å²) in [5.41, 5.74) is 4.23. The molecule has 0 aromatic carbocycles. The first-order valence-corrected chi connectivity index (χ1v) is 8.42. The van der Waals surface area contributed by atoms with Crippen LogP contribution in [0.4, 0.5) is 4.79 Å². The number of allylic oxidation sites excluding steroid dienone is 1. The highest BCUT2D eigenvalue weighted by Gasteiger charge is 2.31. The van der Waals surface area contributed by atoms with Gasteiger partial charge in [0.2, 0.25) is 0 Å². The maximum Gasteiger partial charge on any atom is 0.412 e. The second kappa shape index (κ2) is 10.7. The zero-order valence-electron chi connectivity index (χ0n) is 14.8. The normalized spacial score (nSPS) is 12.3. The molecule has 0 spiro atoms. The van der Waals surface area contributed by atoms with Crippen LogP contribution < -0.4 is 5.73 Å². The number of ether oxygens (including phenoxy) is 1. The molecule has 132 valence electrons. The monoisotopic (exact) mass is 336 g/mol. The van der Waals surface area contributed by atoms with Gasteiger partial charge in [0.25, 0.3) is 0 Å². The van der Waals surface area contributed by atoms with E-state index in [2.05, 4.69) is 0 Å². The number of amides is 1. The number of thioether (sulfide) groups is 1. The van der Waals surface area contributed by atoms with Crippen molar-refractivity contribution in [3.05, 3.63) is 11.1 Å². The Kier molecular flexibility index (Phi) is 11.4. The van der Waals surface area contributed by atoms with Gasteiger partial charge in [0.05, 0.1) is 0 Å². The molecule has 0 aliphatic carbocycles. The SMILES string of the molecule is CC(C)(C)OC(=O)N(CCCO)C(C)(C)O.CS/C=C(/C)N. The summed E-state index contributed by atoms with van der Waals surface area (Å²) in [6, 6.07) is 0. The van der Waals surface area contributed by atoms with E-state index in [1.54, 1.807) is 32.5 Å². The number of rotatable bonds is 5. The Hall–Kier alpha value is -0.920. The quantitative estimate of drug-likeness (QED) is 0.668. The molecule has 0 fully saturated rings. The predicted octanol–water partition coefficient (Wildman–Crippen LogP) is 2.50. The van der Waals surface area contributed by atoms with Gasteiger partial charge in [-0.25, -0.2) is 4.79 Å². The number of carbonyl (C=O) groups excluding carboxylic acids is 1. The summed E-state index contributed by atoms with van der Waals surface area (Å²) in [6.45, 7) is 10.4. The van der Waals surface area contributed by atoms with Gasteiger partial charge < -0.3 is 20.7 Å². The van der Waals surface area contributed by atoms with Gasteiger partial charge in [-0.15, -0.1) is 11.8 Å². The van der Waals surface area contributed by atoms with E-state index in [9.17, 15) is 9.90 Å². The Morgan fingerprint density at radius 3 is 2.05 bits per heavy atom. The maximum absolute atomic E-state index is 11.8. The first-order valence-electron chi connectivity index (χ1n) is 7.14. The van der Waals surface area contributed by atoms with Gasteiger partial charge in [0, 0.05) is 18.8 Å². The van der Waals surface area contributed by atoms with Crippen LogP contribution in [0.5, 0.6) is 0 Å². The van der Waals surface area contributed by atoms with Crippen molar-refractivity contribution in [3.8, 4) is 0 Å². The van der Waals surface area contributed by atoms with E-state index in [0.29, 0.717) is 6.42 Å². The Balaban J connectivity index is 0. The molecule has 1 amide bonds. The molecule has 0 aromatic rings. The minimum absolute atomic E-state index is 0.0324. The van der Waals surface area contributed by atoms with Gasteiger partial charge in [-0.3, -0.25) is 4.90 Å². The molecule has 7 heteroatoms. The summed E-state index contributed by atoms with van der Waals surface area (Å²) in [7, 11) is 0. The highest BCUT2D eigenvalue weighted by atomic mass is 32.2. The number of hydrogen-bond acceptors (Lipinski definition) is 6. The molecule has 0 bridgehead atoms. The molecule has 0 atom stereocenters. The fourth-order valence-electron chi connectivity index (χ4n) is 1.32. The lowest BCUT2D eigenvalue weighted by molar-refractivity contribution is -0.0834. The number of nitrogens with zero attached hydrogens (tertiary/aromatic N) is 1. The van der Waals surface area contributed by atoms with Crippen LogP contribution in [-0.4, -0.2) is 51.9 Å². The van der Waals surface area contributed by atoms with Gasteiger partial charge in [-0.2, -0.15) is 0 Å². The molecule has 0 aliphatic rings. The highest BCUT2D eigenvalue weighted by Crippen LogP contribution is 2.16. The average Bonchev–Trinajstić information content (AvgIpc) is 2.25. The van der Waals surface area contributed by atoms with E-state index >= 15 is 0 Å². The van der Waals surface area contributed by atoms with Gasteiger partial charge in [-0.1, -0.05) is 0 Å². The van der Waals surface area contributed by atoms with E-state index in [1.165, 1.54) is 18.7 Å². The summed E-state index contributed by atoms with van der Waals surface area (Å²) in [5.74, 6) is 0. The average molecular weight is 336 g/mol. The first-order chi connectivity index (χ1) is 9.85. The third-order valence-electron chi connectivity index (χ3n) is 2.12. The van der Waals surface area contributed by atoms with Crippen LogP contribution in [0, 0.1) is 0 Å². The molecule has 0 aliphatic heterocycles. The van der Waals surface area contributed by atoms with Crippen LogP contribution in [-0.2, 0) is 4.74 Å². The number of aliphatic hydroxyl groups excluding tert-OH is 1. The lowest BCUT2D eigenvalue weighted by Gasteiger charge is -2.35. The second-order valence-corrected chi connectivity index (χ2v) is 7.01. The Morgan fingerprint density at radius 1 is 1.32 bits per heavy atom. The van der Waals surface area contributed by atoms with Gasteiger partial charge in [0.15, 0.2) is 0 Å². The third-order valence-corrected chi connectivity index (χ3v) is 2.73. The number of hydrogen-bond donors (Lipinski definition) is 3. The van der Waals surface area contributed by atoms with E-state index < -0.39 is 17.4 Å². The van der Waals surface area contributed by atoms with Crippen LogP contribution in [0.1, 0.15) is 48.0 Å². The molecule has 0 radical (unpaired) electrons.